The summed E-state index contributed by atoms with van der Waals surface area (Å²) in [5, 5.41) is 16.0. The van der Waals surface area contributed by atoms with Crippen molar-refractivity contribution in [3.8, 4) is 0 Å². The Morgan fingerprint density at radius 2 is 2.13 bits per heavy atom. The van der Waals surface area contributed by atoms with E-state index in [1.54, 1.807) is 0 Å². The standard InChI is InChI=1S/C16H26N6O/c1-4-12(8-23)19-16-20-14(17-7-11-5-6-11)13-15(21-16)22(9-18-13)10(2)3/h9-12,23H,4-8H2,1-3H3,(H2,17,19,20,21). The lowest BCUT2D eigenvalue weighted by Crippen LogP contribution is -2.24. The molecule has 1 aliphatic carbocycles. The average molecular weight is 318 g/mol. The minimum atomic E-state index is -0.0425. The Kier molecular flexibility index (Phi) is 4.66. The van der Waals surface area contributed by atoms with Crippen molar-refractivity contribution in [2.24, 2.45) is 5.92 Å². The van der Waals surface area contributed by atoms with Crippen molar-refractivity contribution in [1.82, 2.24) is 19.5 Å². The van der Waals surface area contributed by atoms with Gasteiger partial charge >= 0.3 is 0 Å². The molecule has 1 unspecified atom stereocenters. The third-order valence-corrected chi connectivity index (χ3v) is 4.28. The van der Waals surface area contributed by atoms with Crippen molar-refractivity contribution in [2.75, 3.05) is 23.8 Å². The van der Waals surface area contributed by atoms with Gasteiger partial charge in [0.15, 0.2) is 17.0 Å². The highest BCUT2D eigenvalue weighted by Gasteiger charge is 2.22. The van der Waals surface area contributed by atoms with Crippen LogP contribution in [0.1, 0.15) is 46.1 Å². The fourth-order valence-corrected chi connectivity index (χ4v) is 2.50. The Labute approximate surface area is 136 Å². The molecule has 1 fully saturated rings. The van der Waals surface area contributed by atoms with Crippen LogP contribution in [-0.2, 0) is 0 Å². The lowest BCUT2D eigenvalue weighted by atomic mass is 10.2. The second kappa shape index (κ2) is 6.70. The SMILES string of the molecule is CCC(CO)Nc1nc(NCC2CC2)c2ncn(C(C)C)c2n1. The van der Waals surface area contributed by atoms with Gasteiger partial charge in [-0.1, -0.05) is 6.92 Å². The van der Waals surface area contributed by atoms with Crippen LogP contribution in [0.4, 0.5) is 11.8 Å². The molecule has 1 atom stereocenters. The number of hydrogen-bond donors (Lipinski definition) is 3. The van der Waals surface area contributed by atoms with E-state index in [-0.39, 0.29) is 18.7 Å². The number of nitrogens with one attached hydrogen (secondary N) is 2. The average Bonchev–Trinajstić information content (AvgIpc) is 3.27. The number of hydrogen-bond acceptors (Lipinski definition) is 6. The molecule has 2 aromatic rings. The van der Waals surface area contributed by atoms with Crippen LogP contribution in [0.2, 0.25) is 0 Å². The number of anilines is 2. The zero-order chi connectivity index (χ0) is 16.4. The summed E-state index contributed by atoms with van der Waals surface area (Å²) in [4.78, 5) is 13.7. The highest BCUT2D eigenvalue weighted by molar-refractivity contribution is 5.84. The van der Waals surface area contributed by atoms with Gasteiger partial charge in [-0.25, -0.2) is 4.98 Å². The van der Waals surface area contributed by atoms with Gasteiger partial charge in [0.05, 0.1) is 19.0 Å². The molecule has 1 saturated carbocycles. The van der Waals surface area contributed by atoms with E-state index in [1.807, 2.05) is 17.8 Å². The maximum Gasteiger partial charge on any atom is 0.227 e. The predicted molar refractivity (Wildman–Crippen MR) is 91.7 cm³/mol. The molecule has 0 saturated heterocycles. The normalized spacial score (nSPS) is 16.0. The van der Waals surface area contributed by atoms with E-state index in [1.165, 1.54) is 12.8 Å². The monoisotopic (exact) mass is 318 g/mol. The van der Waals surface area contributed by atoms with Gasteiger partial charge in [-0.2, -0.15) is 9.97 Å². The van der Waals surface area contributed by atoms with Gasteiger partial charge in [0, 0.05) is 12.6 Å². The summed E-state index contributed by atoms with van der Waals surface area (Å²) in [6.45, 7) is 7.23. The molecule has 2 aromatic heterocycles. The summed E-state index contributed by atoms with van der Waals surface area (Å²) in [6, 6.07) is 0.234. The zero-order valence-electron chi connectivity index (χ0n) is 14.1. The molecule has 3 rings (SSSR count). The molecule has 7 nitrogen and oxygen atoms in total. The maximum absolute atomic E-state index is 9.41. The van der Waals surface area contributed by atoms with Crippen molar-refractivity contribution in [1.29, 1.82) is 0 Å². The van der Waals surface area contributed by atoms with Crippen molar-refractivity contribution in [2.45, 2.75) is 52.1 Å². The lowest BCUT2D eigenvalue weighted by Gasteiger charge is -2.16. The Bertz CT molecular complexity index is 660. The van der Waals surface area contributed by atoms with Crippen molar-refractivity contribution >= 4 is 22.9 Å². The summed E-state index contributed by atoms with van der Waals surface area (Å²) in [5.41, 5.74) is 1.63. The molecule has 126 valence electrons. The number of aromatic nitrogens is 4. The van der Waals surface area contributed by atoms with E-state index in [0.717, 1.165) is 35.9 Å². The van der Waals surface area contributed by atoms with Crippen molar-refractivity contribution in [3.05, 3.63) is 6.33 Å². The molecule has 7 heteroatoms. The molecule has 3 N–H and O–H groups in total. The van der Waals surface area contributed by atoms with Crippen LogP contribution in [0.5, 0.6) is 0 Å². The number of fused-ring (bicyclic) bond motifs is 1. The summed E-state index contributed by atoms with van der Waals surface area (Å²) in [7, 11) is 0. The molecular formula is C16H26N6O. The van der Waals surface area contributed by atoms with E-state index in [2.05, 4.69) is 39.4 Å². The molecule has 0 spiro atoms. The minimum Gasteiger partial charge on any atom is -0.394 e. The first kappa shape index (κ1) is 16.0. The van der Waals surface area contributed by atoms with E-state index in [4.69, 9.17) is 0 Å². The first-order valence-corrected chi connectivity index (χ1v) is 8.48. The number of aliphatic hydroxyl groups excluding tert-OH is 1. The molecule has 0 bridgehead atoms. The van der Waals surface area contributed by atoms with Crippen molar-refractivity contribution in [3.63, 3.8) is 0 Å². The van der Waals surface area contributed by atoms with Gasteiger partial charge < -0.3 is 20.3 Å². The van der Waals surface area contributed by atoms with Crippen LogP contribution in [0, 0.1) is 5.92 Å². The van der Waals surface area contributed by atoms with Crippen LogP contribution in [-0.4, -0.2) is 43.8 Å². The molecule has 0 radical (unpaired) electrons. The smallest absolute Gasteiger partial charge is 0.227 e. The van der Waals surface area contributed by atoms with E-state index >= 15 is 0 Å². The van der Waals surface area contributed by atoms with Crippen LogP contribution < -0.4 is 10.6 Å². The van der Waals surface area contributed by atoms with Crippen molar-refractivity contribution < 1.29 is 5.11 Å². The zero-order valence-corrected chi connectivity index (χ0v) is 14.1. The lowest BCUT2D eigenvalue weighted by molar-refractivity contribution is 0.271. The number of nitrogens with zero attached hydrogens (tertiary/aromatic N) is 4. The molecule has 0 aliphatic heterocycles. The molecule has 23 heavy (non-hydrogen) atoms. The molecular weight excluding hydrogens is 292 g/mol. The third-order valence-electron chi connectivity index (χ3n) is 4.28. The summed E-state index contributed by atoms with van der Waals surface area (Å²) in [6.07, 6.45) is 5.20. The highest BCUT2D eigenvalue weighted by Crippen LogP contribution is 2.30. The maximum atomic E-state index is 9.41. The number of aliphatic hydroxyl groups is 1. The Morgan fingerprint density at radius 3 is 2.74 bits per heavy atom. The van der Waals surface area contributed by atoms with Gasteiger partial charge in [0.2, 0.25) is 5.95 Å². The van der Waals surface area contributed by atoms with Gasteiger partial charge in [0.25, 0.3) is 0 Å². The highest BCUT2D eigenvalue weighted by atomic mass is 16.3. The molecule has 0 amide bonds. The Hall–Kier alpha value is -1.89. The van der Waals surface area contributed by atoms with Gasteiger partial charge in [-0.15, -0.1) is 0 Å². The van der Waals surface area contributed by atoms with Crippen LogP contribution in [0.3, 0.4) is 0 Å². The summed E-state index contributed by atoms with van der Waals surface area (Å²) in [5.74, 6) is 2.07. The Balaban J connectivity index is 1.96. The quantitative estimate of drug-likeness (QED) is 0.693. The van der Waals surface area contributed by atoms with Crippen LogP contribution in [0.15, 0.2) is 6.33 Å². The van der Waals surface area contributed by atoms with Gasteiger partial charge in [-0.05, 0) is 39.0 Å². The molecule has 2 heterocycles. The second-order valence-electron chi connectivity index (χ2n) is 6.57. The summed E-state index contributed by atoms with van der Waals surface area (Å²) >= 11 is 0. The van der Waals surface area contributed by atoms with E-state index < -0.39 is 0 Å². The fourth-order valence-electron chi connectivity index (χ4n) is 2.50. The Morgan fingerprint density at radius 1 is 1.35 bits per heavy atom. The summed E-state index contributed by atoms with van der Waals surface area (Å²) < 4.78 is 2.05. The second-order valence-corrected chi connectivity index (χ2v) is 6.57. The molecule has 0 aromatic carbocycles. The van der Waals surface area contributed by atoms with Crippen LogP contribution in [0.25, 0.3) is 11.2 Å². The fraction of sp³-hybridized carbons (Fsp3) is 0.688. The number of imidazole rings is 1. The third kappa shape index (κ3) is 3.55. The first-order chi connectivity index (χ1) is 11.1. The van der Waals surface area contributed by atoms with Gasteiger partial charge in [0.1, 0.15) is 0 Å². The van der Waals surface area contributed by atoms with Crippen LogP contribution >= 0.6 is 0 Å². The topological polar surface area (TPSA) is 87.9 Å². The first-order valence-electron chi connectivity index (χ1n) is 8.48. The van der Waals surface area contributed by atoms with E-state index in [0.29, 0.717) is 5.95 Å². The largest absolute Gasteiger partial charge is 0.394 e. The van der Waals surface area contributed by atoms with Gasteiger partial charge in [-0.3, -0.25) is 0 Å². The molecule has 1 aliphatic rings. The minimum absolute atomic E-state index is 0.0425. The van der Waals surface area contributed by atoms with E-state index in [9.17, 15) is 5.11 Å². The number of rotatable bonds is 8. The predicted octanol–water partition coefficient (Wildman–Crippen LogP) is 2.41.